The van der Waals surface area contributed by atoms with Gasteiger partial charge in [-0.05, 0) is 44.5 Å². The standard InChI is InChI=1S/C17H26N2O3.ClH/c1-18-13-14-7-10-19(11-8-14)17(20)9-12-22-16-6-4-3-5-15(16)21-2;/h3-6,14,18H,7-13H2,1-2H3;1H. The molecule has 0 radical (unpaired) electrons. The van der Waals surface area contributed by atoms with Crippen LogP contribution in [0.25, 0.3) is 0 Å². The fourth-order valence-electron chi connectivity index (χ4n) is 2.82. The van der Waals surface area contributed by atoms with Crippen molar-refractivity contribution in [1.82, 2.24) is 10.2 Å². The van der Waals surface area contributed by atoms with Gasteiger partial charge in [-0.25, -0.2) is 0 Å². The van der Waals surface area contributed by atoms with Crippen LogP contribution in [0.3, 0.4) is 0 Å². The lowest BCUT2D eigenvalue weighted by Crippen LogP contribution is -2.40. The van der Waals surface area contributed by atoms with Gasteiger partial charge in [0.25, 0.3) is 0 Å². The molecule has 2 rings (SSSR count). The summed E-state index contributed by atoms with van der Waals surface area (Å²) in [5, 5.41) is 3.21. The first-order chi connectivity index (χ1) is 10.7. The van der Waals surface area contributed by atoms with Gasteiger partial charge in [0.05, 0.1) is 20.1 Å². The normalized spacial score (nSPS) is 15.0. The molecule has 0 aromatic heterocycles. The SMILES string of the molecule is CNCC1CCN(C(=O)CCOc2ccccc2OC)CC1.Cl. The molecule has 0 spiro atoms. The van der Waals surface area contributed by atoms with E-state index >= 15 is 0 Å². The maximum atomic E-state index is 12.2. The van der Waals surface area contributed by atoms with Gasteiger partial charge in [-0.3, -0.25) is 4.79 Å². The van der Waals surface area contributed by atoms with E-state index in [-0.39, 0.29) is 18.3 Å². The number of hydrogen-bond donors (Lipinski definition) is 1. The Morgan fingerprint density at radius 1 is 1.26 bits per heavy atom. The molecule has 0 bridgehead atoms. The molecule has 0 saturated carbocycles. The number of carbonyl (C=O) groups is 1. The van der Waals surface area contributed by atoms with Crippen LogP contribution in [0.2, 0.25) is 0 Å². The second-order valence-electron chi connectivity index (χ2n) is 5.63. The van der Waals surface area contributed by atoms with Crippen molar-refractivity contribution >= 4 is 18.3 Å². The van der Waals surface area contributed by atoms with E-state index in [1.54, 1.807) is 7.11 Å². The summed E-state index contributed by atoms with van der Waals surface area (Å²) in [7, 11) is 3.59. The molecule has 130 valence electrons. The lowest BCUT2D eigenvalue weighted by Gasteiger charge is -2.32. The third-order valence-corrected chi connectivity index (χ3v) is 4.10. The Bertz CT molecular complexity index is 477. The van der Waals surface area contributed by atoms with Crippen LogP contribution in [-0.2, 0) is 4.79 Å². The van der Waals surface area contributed by atoms with Gasteiger partial charge in [0.15, 0.2) is 11.5 Å². The highest BCUT2D eigenvalue weighted by molar-refractivity contribution is 5.85. The van der Waals surface area contributed by atoms with E-state index in [2.05, 4.69) is 5.32 Å². The lowest BCUT2D eigenvalue weighted by molar-refractivity contribution is -0.133. The van der Waals surface area contributed by atoms with Crippen molar-refractivity contribution in [1.29, 1.82) is 0 Å². The van der Waals surface area contributed by atoms with Crippen LogP contribution in [0, 0.1) is 5.92 Å². The molecular formula is C17H27ClN2O3. The number of likely N-dealkylation sites (tertiary alicyclic amines) is 1. The molecule has 1 heterocycles. The van der Waals surface area contributed by atoms with Gasteiger partial charge >= 0.3 is 0 Å². The van der Waals surface area contributed by atoms with Crippen molar-refractivity contribution < 1.29 is 14.3 Å². The summed E-state index contributed by atoms with van der Waals surface area (Å²) < 4.78 is 10.9. The summed E-state index contributed by atoms with van der Waals surface area (Å²) in [6.07, 6.45) is 2.58. The molecule has 1 amide bonds. The van der Waals surface area contributed by atoms with E-state index in [9.17, 15) is 4.79 Å². The summed E-state index contributed by atoms with van der Waals surface area (Å²) in [5.41, 5.74) is 0. The summed E-state index contributed by atoms with van der Waals surface area (Å²) >= 11 is 0. The van der Waals surface area contributed by atoms with Crippen molar-refractivity contribution in [2.45, 2.75) is 19.3 Å². The third kappa shape index (κ3) is 5.92. The summed E-state index contributed by atoms with van der Waals surface area (Å²) in [5.74, 6) is 2.25. The first-order valence-corrected chi connectivity index (χ1v) is 7.92. The second kappa shape index (κ2) is 10.3. The largest absolute Gasteiger partial charge is 0.493 e. The van der Waals surface area contributed by atoms with Crippen molar-refractivity contribution in [2.75, 3.05) is 40.4 Å². The minimum Gasteiger partial charge on any atom is -0.493 e. The predicted octanol–water partition coefficient (Wildman–Crippen LogP) is 2.34. The highest BCUT2D eigenvalue weighted by atomic mass is 35.5. The number of para-hydroxylation sites is 2. The Labute approximate surface area is 144 Å². The first-order valence-electron chi connectivity index (χ1n) is 7.92. The minimum atomic E-state index is 0. The van der Waals surface area contributed by atoms with Gasteiger partial charge in [0.2, 0.25) is 5.91 Å². The molecule has 1 aliphatic rings. The molecule has 1 saturated heterocycles. The molecular weight excluding hydrogens is 316 g/mol. The van der Waals surface area contributed by atoms with Crippen LogP contribution in [0.4, 0.5) is 0 Å². The van der Waals surface area contributed by atoms with Crippen molar-refractivity contribution in [3.8, 4) is 11.5 Å². The van der Waals surface area contributed by atoms with Crippen LogP contribution in [0.1, 0.15) is 19.3 Å². The van der Waals surface area contributed by atoms with Crippen molar-refractivity contribution in [3.05, 3.63) is 24.3 Å². The highest BCUT2D eigenvalue weighted by Crippen LogP contribution is 2.26. The lowest BCUT2D eigenvalue weighted by atomic mass is 9.97. The van der Waals surface area contributed by atoms with Crippen LogP contribution in [0.15, 0.2) is 24.3 Å². The Kier molecular flexibility index (Phi) is 8.81. The quantitative estimate of drug-likeness (QED) is 0.826. The van der Waals surface area contributed by atoms with E-state index in [4.69, 9.17) is 9.47 Å². The number of methoxy groups -OCH3 is 1. The van der Waals surface area contributed by atoms with Crippen LogP contribution < -0.4 is 14.8 Å². The number of amides is 1. The number of nitrogens with zero attached hydrogens (tertiary/aromatic N) is 1. The molecule has 1 aliphatic heterocycles. The molecule has 5 nitrogen and oxygen atoms in total. The Hall–Kier alpha value is -1.46. The topological polar surface area (TPSA) is 50.8 Å². The number of hydrogen-bond acceptors (Lipinski definition) is 4. The number of ether oxygens (including phenoxy) is 2. The molecule has 23 heavy (non-hydrogen) atoms. The fraction of sp³-hybridized carbons (Fsp3) is 0.588. The number of piperidine rings is 1. The van der Waals surface area contributed by atoms with Gasteiger partial charge in [-0.1, -0.05) is 12.1 Å². The molecule has 1 aromatic carbocycles. The summed E-state index contributed by atoms with van der Waals surface area (Å²) in [6.45, 7) is 3.15. The van der Waals surface area contributed by atoms with E-state index in [1.165, 1.54) is 0 Å². The average molecular weight is 343 g/mol. The smallest absolute Gasteiger partial charge is 0.225 e. The predicted molar refractivity (Wildman–Crippen MR) is 93.6 cm³/mol. The van der Waals surface area contributed by atoms with Gasteiger partial charge in [-0.2, -0.15) is 0 Å². The highest BCUT2D eigenvalue weighted by Gasteiger charge is 2.22. The monoisotopic (exact) mass is 342 g/mol. The number of rotatable bonds is 7. The van der Waals surface area contributed by atoms with E-state index in [0.29, 0.717) is 30.4 Å². The van der Waals surface area contributed by atoms with Crippen LogP contribution >= 0.6 is 12.4 Å². The van der Waals surface area contributed by atoms with Crippen molar-refractivity contribution in [2.24, 2.45) is 5.92 Å². The van der Waals surface area contributed by atoms with Gasteiger partial charge in [0, 0.05) is 13.1 Å². The average Bonchev–Trinajstić information content (AvgIpc) is 2.56. The fourth-order valence-corrected chi connectivity index (χ4v) is 2.82. The zero-order valence-electron chi connectivity index (χ0n) is 13.9. The van der Waals surface area contributed by atoms with E-state index in [0.717, 1.165) is 32.5 Å². The molecule has 0 atom stereocenters. The minimum absolute atomic E-state index is 0. The molecule has 6 heteroatoms. The maximum absolute atomic E-state index is 12.2. The van der Waals surface area contributed by atoms with Gasteiger partial charge in [-0.15, -0.1) is 12.4 Å². The Morgan fingerprint density at radius 2 is 1.91 bits per heavy atom. The number of halogens is 1. The van der Waals surface area contributed by atoms with Crippen LogP contribution in [0.5, 0.6) is 11.5 Å². The number of benzene rings is 1. The summed E-state index contributed by atoms with van der Waals surface area (Å²) in [4.78, 5) is 14.2. The zero-order chi connectivity index (χ0) is 15.8. The third-order valence-electron chi connectivity index (χ3n) is 4.10. The van der Waals surface area contributed by atoms with Gasteiger partial charge in [0.1, 0.15) is 0 Å². The number of carbonyl (C=O) groups excluding carboxylic acids is 1. The molecule has 0 aliphatic carbocycles. The van der Waals surface area contributed by atoms with E-state index in [1.807, 2.05) is 36.2 Å². The molecule has 0 unspecified atom stereocenters. The second-order valence-corrected chi connectivity index (χ2v) is 5.63. The maximum Gasteiger partial charge on any atom is 0.225 e. The zero-order valence-corrected chi connectivity index (χ0v) is 14.7. The molecule has 1 aromatic rings. The van der Waals surface area contributed by atoms with Crippen LogP contribution in [-0.4, -0.2) is 51.2 Å². The molecule has 1 fully saturated rings. The van der Waals surface area contributed by atoms with Crippen molar-refractivity contribution in [3.63, 3.8) is 0 Å². The first kappa shape index (κ1) is 19.6. The van der Waals surface area contributed by atoms with E-state index < -0.39 is 0 Å². The number of nitrogens with one attached hydrogen (secondary N) is 1. The Morgan fingerprint density at radius 3 is 2.52 bits per heavy atom. The Balaban J connectivity index is 0.00000264. The molecule has 1 N–H and O–H groups in total. The summed E-state index contributed by atoms with van der Waals surface area (Å²) in [6, 6.07) is 7.49. The van der Waals surface area contributed by atoms with Gasteiger partial charge < -0.3 is 19.7 Å².